The van der Waals surface area contributed by atoms with Crippen LogP contribution in [0.2, 0.25) is 0 Å². The molecule has 1 aliphatic carbocycles. The minimum absolute atomic E-state index is 0.111. The standard InChI is InChI=1S/C29H33N7O3/c1-33-13-15-34(16-14-33)21-8-10-22(11-9-21)35-18-24(27-28(30)31-19-32-29(27)35)20-7-12-26(25(17-20)36(37)38)39-23-5-3-2-4-6-23/h2-7,12,17-19,21-22H,8-11,13-16H2,1H3,(H2,30,31,32). The van der Waals surface area contributed by atoms with E-state index in [1.165, 1.54) is 6.33 Å². The predicted molar refractivity (Wildman–Crippen MR) is 151 cm³/mol. The first-order chi connectivity index (χ1) is 19.0. The number of aromatic nitrogens is 3. The fraction of sp³-hybridized carbons (Fsp3) is 0.379. The Morgan fingerprint density at radius 1 is 0.974 bits per heavy atom. The maximum atomic E-state index is 12.0. The first kappa shape index (κ1) is 25.3. The summed E-state index contributed by atoms with van der Waals surface area (Å²) >= 11 is 0. The molecule has 2 N–H and O–H groups in total. The van der Waals surface area contributed by atoms with Crippen molar-refractivity contribution in [1.82, 2.24) is 24.3 Å². The summed E-state index contributed by atoms with van der Waals surface area (Å²) in [4.78, 5) is 25.5. The number of nitro benzene ring substituents is 1. The summed E-state index contributed by atoms with van der Waals surface area (Å²) in [6.07, 6.45) is 7.92. The molecule has 0 spiro atoms. The Kier molecular flexibility index (Phi) is 6.88. The van der Waals surface area contributed by atoms with E-state index in [0.29, 0.717) is 23.2 Å². The number of anilines is 1. The number of fused-ring (bicyclic) bond motifs is 1. The fourth-order valence-corrected chi connectivity index (χ4v) is 6.02. The highest BCUT2D eigenvalue weighted by Gasteiger charge is 2.30. The number of nitrogens with two attached hydrogens (primary N) is 1. The SMILES string of the molecule is CN1CCN(C2CCC(n3cc(-c4ccc(Oc5ccccc5)c([N+](=O)[O-])c4)c4c(N)ncnc43)CC2)CC1. The van der Waals surface area contributed by atoms with Crippen LogP contribution < -0.4 is 10.5 Å². The van der Waals surface area contributed by atoms with Gasteiger partial charge in [0.25, 0.3) is 0 Å². The van der Waals surface area contributed by atoms with Gasteiger partial charge < -0.3 is 19.9 Å². The molecule has 3 heterocycles. The van der Waals surface area contributed by atoms with Crippen LogP contribution in [0.25, 0.3) is 22.2 Å². The molecule has 1 saturated carbocycles. The number of para-hydroxylation sites is 1. The van der Waals surface area contributed by atoms with Gasteiger partial charge in [0.15, 0.2) is 0 Å². The van der Waals surface area contributed by atoms with E-state index in [0.717, 1.165) is 68.5 Å². The van der Waals surface area contributed by atoms with E-state index in [4.69, 9.17) is 10.5 Å². The molecule has 6 rings (SSSR count). The molecule has 10 nitrogen and oxygen atoms in total. The van der Waals surface area contributed by atoms with Gasteiger partial charge in [-0.1, -0.05) is 24.3 Å². The Morgan fingerprint density at radius 3 is 2.41 bits per heavy atom. The normalized spacial score (nSPS) is 20.7. The summed E-state index contributed by atoms with van der Waals surface area (Å²) in [6, 6.07) is 15.0. The van der Waals surface area contributed by atoms with Crippen molar-refractivity contribution in [2.24, 2.45) is 0 Å². The first-order valence-corrected chi connectivity index (χ1v) is 13.5. The van der Waals surface area contributed by atoms with Crippen LogP contribution in [0.1, 0.15) is 31.7 Å². The van der Waals surface area contributed by atoms with Crippen LogP contribution in [0.4, 0.5) is 11.5 Å². The zero-order valence-electron chi connectivity index (χ0n) is 22.1. The van der Waals surface area contributed by atoms with Gasteiger partial charge >= 0.3 is 5.69 Å². The second-order valence-electron chi connectivity index (χ2n) is 10.6. The van der Waals surface area contributed by atoms with Crippen LogP contribution in [-0.4, -0.2) is 68.5 Å². The van der Waals surface area contributed by atoms with Crippen molar-refractivity contribution in [3.63, 3.8) is 0 Å². The van der Waals surface area contributed by atoms with Gasteiger partial charge in [0.2, 0.25) is 5.75 Å². The fourth-order valence-electron chi connectivity index (χ4n) is 6.02. The molecule has 202 valence electrons. The molecule has 0 amide bonds. The molecule has 2 fully saturated rings. The molecule has 0 unspecified atom stereocenters. The van der Waals surface area contributed by atoms with Gasteiger partial charge in [-0.3, -0.25) is 15.0 Å². The average Bonchev–Trinajstić information content (AvgIpc) is 3.35. The number of hydrogen-bond acceptors (Lipinski definition) is 8. The number of benzene rings is 2. The van der Waals surface area contributed by atoms with E-state index in [1.807, 2.05) is 30.5 Å². The van der Waals surface area contributed by atoms with Crippen LogP contribution in [0, 0.1) is 10.1 Å². The van der Waals surface area contributed by atoms with E-state index in [1.54, 1.807) is 24.3 Å². The van der Waals surface area contributed by atoms with Gasteiger partial charge in [-0.05, 0) is 56.5 Å². The number of nitrogens with zero attached hydrogens (tertiary/aromatic N) is 6. The van der Waals surface area contributed by atoms with Gasteiger partial charge in [0, 0.05) is 56.1 Å². The highest BCUT2D eigenvalue weighted by Crippen LogP contribution is 2.41. The zero-order chi connectivity index (χ0) is 26.9. The van der Waals surface area contributed by atoms with Crippen molar-refractivity contribution in [3.05, 3.63) is 71.2 Å². The van der Waals surface area contributed by atoms with E-state index in [2.05, 4.69) is 31.4 Å². The lowest BCUT2D eigenvalue weighted by molar-refractivity contribution is -0.385. The largest absolute Gasteiger partial charge is 0.450 e. The minimum atomic E-state index is -0.416. The molecule has 0 bridgehead atoms. The van der Waals surface area contributed by atoms with E-state index in [-0.39, 0.29) is 17.5 Å². The lowest BCUT2D eigenvalue weighted by Gasteiger charge is -2.41. The summed E-state index contributed by atoms with van der Waals surface area (Å²) < 4.78 is 8.05. The third-order valence-corrected chi connectivity index (χ3v) is 8.19. The van der Waals surface area contributed by atoms with Crippen molar-refractivity contribution >= 4 is 22.5 Å². The second kappa shape index (κ2) is 10.6. The quantitative estimate of drug-likeness (QED) is 0.272. The maximum Gasteiger partial charge on any atom is 0.312 e. The van der Waals surface area contributed by atoms with Crippen molar-refractivity contribution in [3.8, 4) is 22.6 Å². The lowest BCUT2D eigenvalue weighted by atomic mass is 9.89. The van der Waals surface area contributed by atoms with Crippen LogP contribution in [0.5, 0.6) is 11.5 Å². The highest BCUT2D eigenvalue weighted by molar-refractivity contribution is 6.01. The molecule has 4 aromatic rings. The number of piperazine rings is 1. The number of nitrogen functional groups attached to an aromatic ring is 1. The van der Waals surface area contributed by atoms with Gasteiger partial charge in [-0.2, -0.15) is 0 Å². The molecule has 2 aromatic carbocycles. The number of hydrogen-bond donors (Lipinski definition) is 1. The van der Waals surface area contributed by atoms with E-state index < -0.39 is 4.92 Å². The van der Waals surface area contributed by atoms with Gasteiger partial charge in [-0.25, -0.2) is 9.97 Å². The summed E-state index contributed by atoms with van der Waals surface area (Å²) in [5.74, 6) is 1.09. The Balaban J connectivity index is 1.31. The second-order valence-corrected chi connectivity index (χ2v) is 10.6. The number of rotatable bonds is 6. The number of nitro groups is 1. The molecule has 10 heteroatoms. The molecule has 1 aliphatic heterocycles. The van der Waals surface area contributed by atoms with Crippen molar-refractivity contribution in [2.45, 2.75) is 37.8 Å². The minimum Gasteiger partial charge on any atom is -0.450 e. The highest BCUT2D eigenvalue weighted by atomic mass is 16.6. The summed E-state index contributed by atoms with van der Waals surface area (Å²) in [5, 5.41) is 12.7. The first-order valence-electron chi connectivity index (χ1n) is 13.5. The van der Waals surface area contributed by atoms with Crippen LogP contribution in [0.15, 0.2) is 61.1 Å². The topological polar surface area (TPSA) is 116 Å². The lowest BCUT2D eigenvalue weighted by Crippen LogP contribution is -2.49. The molecular weight excluding hydrogens is 494 g/mol. The Labute approximate surface area is 227 Å². The maximum absolute atomic E-state index is 12.0. The van der Waals surface area contributed by atoms with E-state index in [9.17, 15) is 10.1 Å². The third kappa shape index (κ3) is 5.05. The Bertz CT molecular complexity index is 1470. The van der Waals surface area contributed by atoms with Crippen molar-refractivity contribution in [1.29, 1.82) is 0 Å². The predicted octanol–water partition coefficient (Wildman–Crippen LogP) is 5.11. The summed E-state index contributed by atoms with van der Waals surface area (Å²) in [5.41, 5.74) is 8.49. The number of likely N-dealkylation sites (N-methyl/N-ethyl adjacent to an activating group) is 1. The van der Waals surface area contributed by atoms with Crippen LogP contribution >= 0.6 is 0 Å². The van der Waals surface area contributed by atoms with Crippen molar-refractivity contribution < 1.29 is 9.66 Å². The Morgan fingerprint density at radius 2 is 1.69 bits per heavy atom. The third-order valence-electron chi connectivity index (χ3n) is 8.19. The Hall–Kier alpha value is -4.02. The van der Waals surface area contributed by atoms with Gasteiger partial charge in [-0.15, -0.1) is 0 Å². The van der Waals surface area contributed by atoms with Gasteiger partial charge in [0.1, 0.15) is 23.5 Å². The zero-order valence-corrected chi connectivity index (χ0v) is 22.1. The number of ether oxygens (including phenoxy) is 1. The molecule has 1 saturated heterocycles. The van der Waals surface area contributed by atoms with Crippen LogP contribution in [-0.2, 0) is 0 Å². The molecule has 0 atom stereocenters. The molecule has 0 radical (unpaired) electrons. The van der Waals surface area contributed by atoms with E-state index >= 15 is 0 Å². The van der Waals surface area contributed by atoms with Gasteiger partial charge in [0.05, 0.1) is 10.3 Å². The summed E-state index contributed by atoms with van der Waals surface area (Å²) in [7, 11) is 2.19. The molecule has 2 aliphatic rings. The molecule has 2 aromatic heterocycles. The summed E-state index contributed by atoms with van der Waals surface area (Å²) in [6.45, 7) is 4.52. The van der Waals surface area contributed by atoms with Crippen molar-refractivity contribution in [2.75, 3.05) is 39.0 Å². The molecule has 39 heavy (non-hydrogen) atoms. The van der Waals surface area contributed by atoms with Crippen LogP contribution in [0.3, 0.4) is 0 Å². The smallest absolute Gasteiger partial charge is 0.312 e. The monoisotopic (exact) mass is 527 g/mol. The average molecular weight is 528 g/mol. The molecular formula is C29H33N7O3.